The molecular formula is C16H30N2O7. The monoisotopic (exact) mass is 362 g/mol. The van der Waals surface area contributed by atoms with E-state index in [4.69, 9.17) is 29.5 Å². The Bertz CT molecular complexity index is 337. The highest BCUT2D eigenvalue weighted by Gasteiger charge is 1.98. The number of carbonyl (C=O) groups is 1. The van der Waals surface area contributed by atoms with Gasteiger partial charge in [-0.05, 0) is 19.3 Å². The summed E-state index contributed by atoms with van der Waals surface area (Å²) in [5.74, 6) is -0.282. The van der Waals surface area contributed by atoms with Crippen LogP contribution in [0.1, 0.15) is 25.7 Å². The van der Waals surface area contributed by atoms with E-state index < -0.39 is 0 Å². The molecule has 0 spiro atoms. The van der Waals surface area contributed by atoms with Crippen LogP contribution in [-0.4, -0.2) is 77.2 Å². The number of nitriles is 1. The van der Waals surface area contributed by atoms with E-state index in [1.54, 1.807) is 6.07 Å². The molecule has 1 amide bonds. The van der Waals surface area contributed by atoms with Gasteiger partial charge in [0.15, 0.2) is 0 Å². The number of nitrogens with one attached hydrogen (secondary N) is 1. The summed E-state index contributed by atoms with van der Waals surface area (Å²) in [6.45, 7) is 4.77. The number of hydrogen-bond donors (Lipinski definition) is 2. The average molecular weight is 362 g/mol. The lowest BCUT2D eigenvalue weighted by molar-refractivity contribution is -0.249. The fourth-order valence-electron chi connectivity index (χ4n) is 1.72. The van der Waals surface area contributed by atoms with Crippen LogP contribution in [0.15, 0.2) is 0 Å². The molecule has 9 heteroatoms. The van der Waals surface area contributed by atoms with Crippen molar-refractivity contribution in [2.75, 3.05) is 66.0 Å². The fraction of sp³-hybridized carbons (Fsp3) is 0.875. The molecule has 0 bridgehead atoms. The minimum absolute atomic E-state index is 0.123. The topological polar surface area (TPSA) is 119 Å². The van der Waals surface area contributed by atoms with E-state index in [0.717, 1.165) is 19.3 Å². The number of ether oxygens (including phenoxy) is 4. The van der Waals surface area contributed by atoms with Crippen LogP contribution in [0.2, 0.25) is 0 Å². The van der Waals surface area contributed by atoms with E-state index in [9.17, 15) is 4.79 Å². The summed E-state index contributed by atoms with van der Waals surface area (Å²) in [4.78, 5) is 14.8. The second kappa shape index (κ2) is 20.8. The van der Waals surface area contributed by atoms with Crippen molar-refractivity contribution in [1.82, 2.24) is 5.32 Å². The van der Waals surface area contributed by atoms with Gasteiger partial charge < -0.3 is 24.3 Å². The van der Waals surface area contributed by atoms with Crippen molar-refractivity contribution in [2.24, 2.45) is 0 Å². The maximum absolute atomic E-state index is 11.0. The highest BCUT2D eigenvalue weighted by Crippen LogP contribution is 1.97. The summed E-state index contributed by atoms with van der Waals surface area (Å²) in [7, 11) is 0. The zero-order chi connectivity index (χ0) is 18.4. The molecule has 146 valence electrons. The average Bonchev–Trinajstić information content (AvgIpc) is 2.61. The van der Waals surface area contributed by atoms with Gasteiger partial charge in [-0.2, -0.15) is 5.26 Å². The van der Waals surface area contributed by atoms with Gasteiger partial charge in [0.1, 0.15) is 13.0 Å². The molecule has 0 atom stereocenters. The minimum atomic E-state index is -0.282. The molecule has 2 N–H and O–H groups in total. The number of hydrogen-bond acceptors (Lipinski definition) is 8. The van der Waals surface area contributed by atoms with E-state index in [1.807, 2.05) is 0 Å². The molecule has 0 aliphatic carbocycles. The fourth-order valence-corrected chi connectivity index (χ4v) is 1.72. The first-order chi connectivity index (χ1) is 12.3. The quantitative estimate of drug-likeness (QED) is 0.196. The Morgan fingerprint density at radius 3 is 1.88 bits per heavy atom. The first-order valence-electron chi connectivity index (χ1n) is 8.52. The molecule has 0 unspecified atom stereocenters. The van der Waals surface area contributed by atoms with Gasteiger partial charge in [-0.3, -0.25) is 10.1 Å². The van der Waals surface area contributed by atoms with Crippen LogP contribution < -0.4 is 5.32 Å². The van der Waals surface area contributed by atoms with Crippen molar-refractivity contribution in [2.45, 2.75) is 25.7 Å². The molecule has 0 heterocycles. The molecule has 0 saturated carbocycles. The zero-order valence-corrected chi connectivity index (χ0v) is 14.7. The van der Waals surface area contributed by atoms with E-state index >= 15 is 0 Å². The molecule has 0 radical (unpaired) electrons. The third-order valence-electron chi connectivity index (χ3n) is 2.95. The second-order valence-electron chi connectivity index (χ2n) is 5.03. The van der Waals surface area contributed by atoms with Crippen molar-refractivity contribution in [3.63, 3.8) is 0 Å². The molecule has 0 aromatic heterocycles. The highest BCUT2D eigenvalue weighted by atomic mass is 17.1. The Labute approximate surface area is 149 Å². The van der Waals surface area contributed by atoms with Crippen LogP contribution in [0.4, 0.5) is 0 Å². The number of nitrogens with zero attached hydrogens (tertiary/aromatic N) is 1. The Hall–Kier alpha value is -1.28. The molecule has 0 aromatic rings. The van der Waals surface area contributed by atoms with Crippen molar-refractivity contribution in [3.05, 3.63) is 0 Å². The summed E-state index contributed by atoms with van der Waals surface area (Å²) in [6.07, 6.45) is 2.85. The van der Waals surface area contributed by atoms with E-state index in [-0.39, 0.29) is 18.9 Å². The molecule has 9 nitrogen and oxygen atoms in total. The highest BCUT2D eigenvalue weighted by molar-refractivity contribution is 5.77. The minimum Gasteiger partial charge on any atom is -0.379 e. The molecule has 0 rings (SSSR count). The van der Waals surface area contributed by atoms with Gasteiger partial charge in [0.2, 0.25) is 5.91 Å². The zero-order valence-electron chi connectivity index (χ0n) is 14.7. The smallest absolute Gasteiger partial charge is 0.234 e. The third-order valence-corrected chi connectivity index (χ3v) is 2.95. The van der Waals surface area contributed by atoms with E-state index in [2.05, 4.69) is 10.2 Å². The van der Waals surface area contributed by atoms with Crippen molar-refractivity contribution in [1.29, 1.82) is 5.26 Å². The summed E-state index contributed by atoms with van der Waals surface area (Å²) in [5, 5.41) is 19.0. The van der Waals surface area contributed by atoms with E-state index in [0.29, 0.717) is 59.4 Å². The van der Waals surface area contributed by atoms with Gasteiger partial charge in [-0.25, -0.2) is 4.89 Å². The van der Waals surface area contributed by atoms with Crippen molar-refractivity contribution < 1.29 is 33.9 Å². The van der Waals surface area contributed by atoms with Gasteiger partial charge in [-0.15, -0.1) is 0 Å². The van der Waals surface area contributed by atoms with Crippen LogP contribution in [0.5, 0.6) is 0 Å². The standard InChI is InChI=1S/C16H30N2O7/c17-5-4-16(19)18-6-9-23-12-10-21-7-2-1-3-8-22-11-13-24-14-15-25-20/h20H,1-4,6-15H2,(H,18,19). The summed E-state index contributed by atoms with van der Waals surface area (Å²) in [6, 6.07) is 1.78. The van der Waals surface area contributed by atoms with Crippen LogP contribution in [0, 0.1) is 11.3 Å². The molecule has 0 aliphatic rings. The normalized spacial score (nSPS) is 10.6. The van der Waals surface area contributed by atoms with Crippen LogP contribution in [0.25, 0.3) is 0 Å². The third kappa shape index (κ3) is 20.7. The Kier molecular flexibility index (Phi) is 19.7. The van der Waals surface area contributed by atoms with Gasteiger partial charge in [0.25, 0.3) is 0 Å². The predicted molar refractivity (Wildman–Crippen MR) is 88.9 cm³/mol. The maximum Gasteiger partial charge on any atom is 0.234 e. The molecule has 0 saturated heterocycles. The Morgan fingerprint density at radius 2 is 1.32 bits per heavy atom. The number of amides is 1. The Balaban J connectivity index is 3.03. The van der Waals surface area contributed by atoms with Crippen molar-refractivity contribution in [3.8, 4) is 6.07 Å². The lowest BCUT2D eigenvalue weighted by atomic mass is 10.2. The van der Waals surface area contributed by atoms with Crippen LogP contribution in [-0.2, 0) is 28.6 Å². The van der Waals surface area contributed by atoms with Crippen molar-refractivity contribution >= 4 is 5.91 Å². The lowest BCUT2D eigenvalue weighted by Crippen LogP contribution is -2.27. The molecule has 0 fully saturated rings. The molecule has 0 aromatic carbocycles. The van der Waals surface area contributed by atoms with Gasteiger partial charge in [0.05, 0.1) is 45.7 Å². The summed E-state index contributed by atoms with van der Waals surface area (Å²) in [5.41, 5.74) is 0. The number of unbranched alkanes of at least 4 members (excludes halogenated alkanes) is 2. The number of rotatable bonds is 19. The van der Waals surface area contributed by atoms with Crippen LogP contribution in [0.3, 0.4) is 0 Å². The lowest BCUT2D eigenvalue weighted by Gasteiger charge is -2.07. The first-order valence-corrected chi connectivity index (χ1v) is 8.52. The molecule has 0 aliphatic heterocycles. The molecule has 25 heavy (non-hydrogen) atoms. The van der Waals surface area contributed by atoms with Gasteiger partial charge in [-0.1, -0.05) is 0 Å². The SMILES string of the molecule is N#CCC(=O)NCCOCCOCCCCCOCCOCCOO. The summed E-state index contributed by atoms with van der Waals surface area (Å²) < 4.78 is 21.2. The van der Waals surface area contributed by atoms with Gasteiger partial charge >= 0.3 is 0 Å². The number of carbonyl (C=O) groups excluding carboxylic acids is 1. The first kappa shape index (κ1) is 23.7. The van der Waals surface area contributed by atoms with Crippen LogP contribution >= 0.6 is 0 Å². The maximum atomic E-state index is 11.0. The predicted octanol–water partition coefficient (Wildman–Crippen LogP) is 0.743. The van der Waals surface area contributed by atoms with E-state index in [1.165, 1.54) is 0 Å². The Morgan fingerprint density at radius 1 is 0.800 bits per heavy atom. The van der Waals surface area contributed by atoms with Gasteiger partial charge in [0, 0.05) is 19.8 Å². The molecular weight excluding hydrogens is 332 g/mol. The largest absolute Gasteiger partial charge is 0.379 e. The second-order valence-corrected chi connectivity index (χ2v) is 5.03. The summed E-state index contributed by atoms with van der Waals surface area (Å²) >= 11 is 0.